The van der Waals surface area contributed by atoms with Gasteiger partial charge in [0, 0.05) is 15.3 Å². The Morgan fingerprint density at radius 2 is 1.95 bits per heavy atom. The molecule has 0 saturated carbocycles. The Bertz CT molecular complexity index is 760. The summed E-state index contributed by atoms with van der Waals surface area (Å²) in [5.74, 6) is 0. The van der Waals surface area contributed by atoms with Crippen molar-refractivity contribution in [1.82, 2.24) is 9.38 Å². The maximum absolute atomic E-state index is 11.4. The van der Waals surface area contributed by atoms with Crippen molar-refractivity contribution in [3.8, 4) is 11.3 Å². The number of aldehydes is 1. The average molecular weight is 362 g/mol. The van der Waals surface area contributed by atoms with Gasteiger partial charge in [0.25, 0.3) is 0 Å². The molecule has 3 nitrogen and oxygen atoms in total. The topological polar surface area (TPSA) is 34.4 Å². The number of carbonyl (C=O) groups is 1. The Morgan fingerprint density at radius 3 is 2.63 bits per heavy atom. The van der Waals surface area contributed by atoms with Gasteiger partial charge in [-0.05, 0) is 53.3 Å². The van der Waals surface area contributed by atoms with Crippen molar-refractivity contribution >= 4 is 34.5 Å². The highest BCUT2D eigenvalue weighted by Crippen LogP contribution is 2.25. The fraction of sp³-hybridized carbons (Fsp3) is 0.0667. The van der Waals surface area contributed by atoms with E-state index >= 15 is 0 Å². The largest absolute Gasteiger partial charge is 0.297 e. The highest BCUT2D eigenvalue weighted by molar-refractivity contribution is 14.1. The van der Waals surface area contributed by atoms with Gasteiger partial charge in [0.15, 0.2) is 6.29 Å². The van der Waals surface area contributed by atoms with Crippen LogP contribution < -0.4 is 0 Å². The fourth-order valence-corrected chi connectivity index (χ4v) is 2.51. The molecule has 0 atom stereocenters. The quantitative estimate of drug-likeness (QED) is 0.514. The van der Waals surface area contributed by atoms with E-state index in [1.54, 1.807) is 0 Å². The lowest BCUT2D eigenvalue weighted by Crippen LogP contribution is -1.92. The zero-order chi connectivity index (χ0) is 13.4. The molecule has 0 bridgehead atoms. The summed E-state index contributed by atoms with van der Waals surface area (Å²) in [6.07, 6.45) is 2.74. The van der Waals surface area contributed by atoms with E-state index in [9.17, 15) is 4.79 Å². The molecule has 0 aliphatic carbocycles. The monoisotopic (exact) mass is 362 g/mol. The molecule has 0 unspecified atom stereocenters. The van der Waals surface area contributed by atoms with Gasteiger partial charge in [0.1, 0.15) is 17.0 Å². The number of nitrogens with zero attached hydrogens (tertiary/aromatic N) is 2. The molecule has 0 saturated heterocycles. The zero-order valence-corrected chi connectivity index (χ0v) is 12.5. The van der Waals surface area contributed by atoms with Crippen molar-refractivity contribution in [2.24, 2.45) is 0 Å². The van der Waals surface area contributed by atoms with E-state index in [0.717, 1.165) is 32.3 Å². The normalized spacial score (nSPS) is 10.8. The first-order valence-corrected chi connectivity index (χ1v) is 6.97. The van der Waals surface area contributed by atoms with Crippen LogP contribution in [0.5, 0.6) is 0 Å². The van der Waals surface area contributed by atoms with Crippen LogP contribution in [0.15, 0.2) is 42.6 Å². The molecule has 0 radical (unpaired) electrons. The van der Waals surface area contributed by atoms with Gasteiger partial charge >= 0.3 is 0 Å². The smallest absolute Gasteiger partial charge is 0.169 e. The van der Waals surface area contributed by atoms with E-state index in [4.69, 9.17) is 0 Å². The SMILES string of the molecule is Cc1cccn2c(C=O)c(-c3ccc(I)cc3)nc12. The molecule has 0 fully saturated rings. The average Bonchev–Trinajstić information content (AvgIpc) is 2.79. The van der Waals surface area contributed by atoms with E-state index in [1.165, 1.54) is 0 Å². The van der Waals surface area contributed by atoms with E-state index < -0.39 is 0 Å². The molecule has 0 aliphatic heterocycles. The lowest BCUT2D eigenvalue weighted by Gasteiger charge is -1.99. The number of aromatic nitrogens is 2. The number of hydrogen-bond acceptors (Lipinski definition) is 2. The molecular weight excluding hydrogens is 351 g/mol. The Labute approximate surface area is 124 Å². The number of fused-ring (bicyclic) bond motifs is 1. The van der Waals surface area contributed by atoms with Crippen molar-refractivity contribution in [3.05, 3.63) is 57.4 Å². The van der Waals surface area contributed by atoms with Crippen molar-refractivity contribution in [1.29, 1.82) is 0 Å². The molecular formula is C15H11IN2O. The Kier molecular flexibility index (Phi) is 3.10. The maximum atomic E-state index is 11.4. The number of hydrogen-bond donors (Lipinski definition) is 0. The van der Waals surface area contributed by atoms with Crippen LogP contribution in [0.25, 0.3) is 16.9 Å². The second-order valence-electron chi connectivity index (χ2n) is 4.36. The summed E-state index contributed by atoms with van der Waals surface area (Å²) >= 11 is 2.26. The summed E-state index contributed by atoms with van der Waals surface area (Å²) in [6, 6.07) is 11.9. The van der Waals surface area contributed by atoms with Crippen molar-refractivity contribution in [2.45, 2.75) is 6.92 Å². The second kappa shape index (κ2) is 4.77. The highest BCUT2D eigenvalue weighted by Gasteiger charge is 2.14. The van der Waals surface area contributed by atoms with Gasteiger partial charge < -0.3 is 0 Å². The molecule has 0 N–H and O–H groups in total. The van der Waals surface area contributed by atoms with Gasteiger partial charge in [0.05, 0.1) is 0 Å². The van der Waals surface area contributed by atoms with E-state index in [-0.39, 0.29) is 0 Å². The van der Waals surface area contributed by atoms with E-state index in [0.29, 0.717) is 5.69 Å². The summed E-state index contributed by atoms with van der Waals surface area (Å²) in [6.45, 7) is 1.99. The van der Waals surface area contributed by atoms with Crippen molar-refractivity contribution < 1.29 is 4.79 Å². The van der Waals surface area contributed by atoms with Gasteiger partial charge in [-0.15, -0.1) is 0 Å². The van der Waals surface area contributed by atoms with Crippen LogP contribution in [0.3, 0.4) is 0 Å². The molecule has 3 aromatic rings. The number of rotatable bonds is 2. The second-order valence-corrected chi connectivity index (χ2v) is 5.60. The Morgan fingerprint density at radius 1 is 1.21 bits per heavy atom. The van der Waals surface area contributed by atoms with Crippen LogP contribution in [0.1, 0.15) is 16.1 Å². The minimum Gasteiger partial charge on any atom is -0.297 e. The molecule has 0 spiro atoms. The van der Waals surface area contributed by atoms with Crippen LogP contribution in [-0.2, 0) is 0 Å². The standard InChI is InChI=1S/C15H11IN2O/c1-10-3-2-8-18-13(9-19)14(17-15(10)18)11-4-6-12(16)7-5-11/h2-9H,1H3. The minimum absolute atomic E-state index is 0.597. The lowest BCUT2D eigenvalue weighted by atomic mass is 10.1. The van der Waals surface area contributed by atoms with E-state index in [2.05, 4.69) is 27.6 Å². The van der Waals surface area contributed by atoms with Crippen molar-refractivity contribution in [2.75, 3.05) is 0 Å². The van der Waals surface area contributed by atoms with Gasteiger partial charge in [-0.25, -0.2) is 4.98 Å². The first kappa shape index (κ1) is 12.3. The van der Waals surface area contributed by atoms with Crippen LogP contribution >= 0.6 is 22.6 Å². The minimum atomic E-state index is 0.597. The zero-order valence-electron chi connectivity index (χ0n) is 10.3. The molecule has 94 valence electrons. The summed E-state index contributed by atoms with van der Waals surface area (Å²) in [4.78, 5) is 16.0. The lowest BCUT2D eigenvalue weighted by molar-refractivity contribution is 0.111. The number of aryl methyl sites for hydroxylation is 1. The third-order valence-electron chi connectivity index (χ3n) is 3.11. The third-order valence-corrected chi connectivity index (χ3v) is 3.83. The molecule has 4 heteroatoms. The van der Waals surface area contributed by atoms with Gasteiger partial charge in [-0.2, -0.15) is 0 Å². The third kappa shape index (κ3) is 2.06. The highest BCUT2D eigenvalue weighted by atomic mass is 127. The summed E-state index contributed by atoms with van der Waals surface area (Å²) in [7, 11) is 0. The maximum Gasteiger partial charge on any atom is 0.169 e. The molecule has 0 aliphatic rings. The molecule has 3 rings (SSSR count). The van der Waals surface area contributed by atoms with Gasteiger partial charge in [-0.1, -0.05) is 18.2 Å². The first-order valence-electron chi connectivity index (χ1n) is 5.89. The number of carbonyl (C=O) groups excluding carboxylic acids is 1. The molecule has 2 aromatic heterocycles. The number of halogens is 1. The van der Waals surface area contributed by atoms with Gasteiger partial charge in [-0.3, -0.25) is 9.20 Å². The summed E-state index contributed by atoms with van der Waals surface area (Å²) < 4.78 is 3.00. The van der Waals surface area contributed by atoms with Crippen LogP contribution in [-0.4, -0.2) is 15.7 Å². The number of imidazole rings is 1. The van der Waals surface area contributed by atoms with Crippen LogP contribution in [0.4, 0.5) is 0 Å². The van der Waals surface area contributed by atoms with Gasteiger partial charge in [0.2, 0.25) is 0 Å². The molecule has 0 amide bonds. The predicted octanol–water partition coefficient (Wildman–Crippen LogP) is 3.73. The van der Waals surface area contributed by atoms with Crippen LogP contribution in [0, 0.1) is 10.5 Å². The molecule has 2 heterocycles. The van der Waals surface area contributed by atoms with Crippen LogP contribution in [0.2, 0.25) is 0 Å². The molecule has 1 aromatic carbocycles. The summed E-state index contributed by atoms with van der Waals surface area (Å²) in [5, 5.41) is 0. The Hall–Kier alpha value is -1.69. The van der Waals surface area contributed by atoms with E-state index in [1.807, 2.05) is 53.9 Å². The first-order chi connectivity index (χ1) is 9.20. The fourth-order valence-electron chi connectivity index (χ4n) is 2.16. The predicted molar refractivity (Wildman–Crippen MR) is 83.5 cm³/mol. The van der Waals surface area contributed by atoms with Crippen molar-refractivity contribution in [3.63, 3.8) is 0 Å². The number of benzene rings is 1. The summed E-state index contributed by atoms with van der Waals surface area (Å²) in [5.41, 5.74) is 4.19. The molecule has 19 heavy (non-hydrogen) atoms. The number of pyridine rings is 1. The Balaban J connectivity index is 2.32.